The molecule has 3 N–H and O–H groups in total. The highest BCUT2D eigenvalue weighted by Crippen LogP contribution is 2.33. The van der Waals surface area contributed by atoms with Gasteiger partial charge in [0.1, 0.15) is 0 Å². The first-order valence-corrected chi connectivity index (χ1v) is 8.13. The summed E-state index contributed by atoms with van der Waals surface area (Å²) in [4.78, 5) is 12.5. The molecule has 20 heavy (non-hydrogen) atoms. The number of rotatable bonds is 3. The number of carbonyl (C=O) groups is 1. The second kappa shape index (κ2) is 6.46. The van der Waals surface area contributed by atoms with Crippen LogP contribution in [0.4, 0.5) is 0 Å². The summed E-state index contributed by atoms with van der Waals surface area (Å²) in [5, 5.41) is 3.61. The summed E-state index contributed by atoms with van der Waals surface area (Å²) in [6, 6.07) is 5.29. The Kier molecular flexibility index (Phi) is 5.10. The molecule has 2 unspecified atom stereocenters. The molecule has 0 radical (unpaired) electrons. The van der Waals surface area contributed by atoms with Crippen molar-refractivity contribution >= 4 is 33.4 Å². The first-order valence-electron chi connectivity index (χ1n) is 6.96. The Morgan fingerprint density at radius 2 is 2.30 bits per heavy atom. The molecule has 5 heteroatoms. The number of amides is 1. The van der Waals surface area contributed by atoms with Crippen molar-refractivity contribution in [3.8, 4) is 0 Å². The standard InChI is InChI=1S/C15H20BrClN2O/c1-10-4-2-3-7-15(10,9-18)19-14(20)12-8-11(16)5-6-13(12)17/h5-6,8,10H,2-4,7,9,18H2,1H3,(H,19,20). The van der Waals surface area contributed by atoms with Gasteiger partial charge in [-0.25, -0.2) is 0 Å². The SMILES string of the molecule is CC1CCCCC1(CN)NC(=O)c1cc(Br)ccc1Cl. The van der Waals surface area contributed by atoms with Crippen molar-refractivity contribution < 1.29 is 4.79 Å². The maximum Gasteiger partial charge on any atom is 0.253 e. The lowest BCUT2D eigenvalue weighted by atomic mass is 9.73. The van der Waals surface area contributed by atoms with Crippen LogP contribution in [0.1, 0.15) is 43.0 Å². The van der Waals surface area contributed by atoms with Crippen LogP contribution in [0.3, 0.4) is 0 Å². The fourth-order valence-electron chi connectivity index (χ4n) is 2.92. The van der Waals surface area contributed by atoms with Crippen molar-refractivity contribution in [1.82, 2.24) is 5.32 Å². The largest absolute Gasteiger partial charge is 0.345 e. The summed E-state index contributed by atoms with van der Waals surface area (Å²) in [7, 11) is 0. The van der Waals surface area contributed by atoms with Crippen LogP contribution in [0.15, 0.2) is 22.7 Å². The molecular weight excluding hydrogens is 340 g/mol. The third-order valence-electron chi connectivity index (χ3n) is 4.35. The summed E-state index contributed by atoms with van der Waals surface area (Å²) in [5.74, 6) is 0.242. The Morgan fingerprint density at radius 3 is 2.95 bits per heavy atom. The zero-order valence-corrected chi connectivity index (χ0v) is 13.9. The lowest BCUT2D eigenvalue weighted by Gasteiger charge is -2.42. The Balaban J connectivity index is 2.23. The van der Waals surface area contributed by atoms with Gasteiger partial charge in [0.05, 0.1) is 16.1 Å². The molecule has 0 spiro atoms. The highest BCUT2D eigenvalue weighted by molar-refractivity contribution is 9.10. The number of halogens is 2. The Bertz CT molecular complexity index is 509. The van der Waals surface area contributed by atoms with Gasteiger partial charge in [0.25, 0.3) is 5.91 Å². The summed E-state index contributed by atoms with van der Waals surface area (Å²) >= 11 is 9.49. The van der Waals surface area contributed by atoms with Crippen LogP contribution < -0.4 is 11.1 Å². The van der Waals surface area contributed by atoms with Gasteiger partial charge in [-0.3, -0.25) is 4.79 Å². The molecule has 0 aliphatic heterocycles. The molecule has 1 aromatic carbocycles. The molecule has 3 nitrogen and oxygen atoms in total. The van der Waals surface area contributed by atoms with Crippen molar-refractivity contribution in [2.75, 3.05) is 6.54 Å². The highest BCUT2D eigenvalue weighted by atomic mass is 79.9. The van der Waals surface area contributed by atoms with Gasteiger partial charge in [-0.05, 0) is 37.0 Å². The fourth-order valence-corrected chi connectivity index (χ4v) is 3.48. The van der Waals surface area contributed by atoms with E-state index < -0.39 is 0 Å². The van der Waals surface area contributed by atoms with E-state index in [1.54, 1.807) is 12.1 Å². The molecule has 0 aromatic heterocycles. The third-order valence-corrected chi connectivity index (χ3v) is 5.18. The zero-order chi connectivity index (χ0) is 14.8. The minimum absolute atomic E-state index is 0.143. The average Bonchev–Trinajstić information content (AvgIpc) is 2.44. The summed E-state index contributed by atoms with van der Waals surface area (Å²) < 4.78 is 0.838. The molecule has 0 saturated heterocycles. The monoisotopic (exact) mass is 358 g/mol. The van der Waals surface area contributed by atoms with Crippen LogP contribution in [-0.4, -0.2) is 18.0 Å². The van der Waals surface area contributed by atoms with E-state index >= 15 is 0 Å². The van der Waals surface area contributed by atoms with Crippen LogP contribution in [0, 0.1) is 5.92 Å². The lowest BCUT2D eigenvalue weighted by Crippen LogP contribution is -2.59. The molecule has 1 saturated carbocycles. The van der Waals surface area contributed by atoms with Gasteiger partial charge >= 0.3 is 0 Å². The minimum Gasteiger partial charge on any atom is -0.345 e. The number of benzene rings is 1. The maximum atomic E-state index is 12.5. The van der Waals surface area contributed by atoms with Crippen LogP contribution in [0.5, 0.6) is 0 Å². The number of nitrogens with one attached hydrogen (secondary N) is 1. The molecular formula is C15H20BrClN2O. The van der Waals surface area contributed by atoms with E-state index in [1.807, 2.05) is 6.07 Å². The van der Waals surface area contributed by atoms with Gasteiger partial charge < -0.3 is 11.1 Å². The normalized spacial score (nSPS) is 26.3. The van der Waals surface area contributed by atoms with E-state index in [2.05, 4.69) is 28.2 Å². The fraction of sp³-hybridized carbons (Fsp3) is 0.533. The second-order valence-electron chi connectivity index (χ2n) is 5.59. The van der Waals surface area contributed by atoms with Crippen LogP contribution >= 0.6 is 27.5 Å². The van der Waals surface area contributed by atoms with Crippen molar-refractivity contribution in [2.45, 2.75) is 38.1 Å². The topological polar surface area (TPSA) is 55.1 Å². The van der Waals surface area contributed by atoms with Gasteiger partial charge in [-0.15, -0.1) is 0 Å². The number of nitrogens with two attached hydrogens (primary N) is 1. The predicted octanol–water partition coefficient (Wildman–Crippen LogP) is 3.74. The van der Waals surface area contributed by atoms with E-state index in [4.69, 9.17) is 17.3 Å². The third kappa shape index (κ3) is 3.18. The average molecular weight is 360 g/mol. The van der Waals surface area contributed by atoms with Crippen LogP contribution in [0.25, 0.3) is 0 Å². The molecule has 1 amide bonds. The van der Waals surface area contributed by atoms with Gasteiger partial charge in [0, 0.05) is 11.0 Å². The van der Waals surface area contributed by atoms with Crippen LogP contribution in [-0.2, 0) is 0 Å². The van der Waals surface area contributed by atoms with Crippen molar-refractivity contribution in [2.24, 2.45) is 11.7 Å². The van der Waals surface area contributed by atoms with Gasteiger partial charge in [-0.1, -0.05) is 47.3 Å². The van der Waals surface area contributed by atoms with E-state index in [1.165, 1.54) is 6.42 Å². The summed E-state index contributed by atoms with van der Waals surface area (Å²) in [6.07, 6.45) is 4.34. The molecule has 2 atom stereocenters. The first-order chi connectivity index (χ1) is 9.48. The molecule has 1 aromatic rings. The summed E-state index contributed by atoms with van der Waals surface area (Å²) in [6.45, 7) is 2.63. The van der Waals surface area contributed by atoms with Crippen LogP contribution in [0.2, 0.25) is 5.02 Å². The summed E-state index contributed by atoms with van der Waals surface area (Å²) in [5.41, 5.74) is 6.15. The Morgan fingerprint density at radius 1 is 1.55 bits per heavy atom. The molecule has 0 bridgehead atoms. The number of hydrogen-bond donors (Lipinski definition) is 2. The smallest absolute Gasteiger partial charge is 0.253 e. The Labute approximate surface area is 133 Å². The van der Waals surface area contributed by atoms with Crippen molar-refractivity contribution in [3.05, 3.63) is 33.3 Å². The predicted molar refractivity (Wildman–Crippen MR) is 86.0 cm³/mol. The van der Waals surface area contributed by atoms with Gasteiger partial charge in [0.2, 0.25) is 0 Å². The zero-order valence-electron chi connectivity index (χ0n) is 11.6. The first kappa shape index (κ1) is 15.8. The number of carbonyl (C=O) groups excluding carboxylic acids is 1. The minimum atomic E-state index is -0.305. The van der Waals surface area contributed by atoms with Gasteiger partial charge in [0.15, 0.2) is 0 Å². The van der Waals surface area contributed by atoms with E-state index in [9.17, 15) is 4.79 Å². The molecule has 110 valence electrons. The lowest BCUT2D eigenvalue weighted by molar-refractivity contribution is 0.0813. The second-order valence-corrected chi connectivity index (χ2v) is 6.91. The van der Waals surface area contributed by atoms with E-state index in [0.717, 1.165) is 23.7 Å². The van der Waals surface area contributed by atoms with Gasteiger partial charge in [-0.2, -0.15) is 0 Å². The molecule has 1 aliphatic carbocycles. The molecule has 1 fully saturated rings. The highest BCUT2D eigenvalue weighted by Gasteiger charge is 2.38. The van der Waals surface area contributed by atoms with Crippen molar-refractivity contribution in [1.29, 1.82) is 0 Å². The van der Waals surface area contributed by atoms with Crippen molar-refractivity contribution in [3.63, 3.8) is 0 Å². The van der Waals surface area contributed by atoms with E-state index in [0.29, 0.717) is 23.0 Å². The quantitative estimate of drug-likeness (QED) is 0.864. The van der Waals surface area contributed by atoms with E-state index in [-0.39, 0.29) is 11.4 Å². The Hall–Kier alpha value is -0.580. The molecule has 1 aliphatic rings. The number of hydrogen-bond acceptors (Lipinski definition) is 2. The molecule has 0 heterocycles. The molecule has 2 rings (SSSR count). The maximum absolute atomic E-state index is 12.5.